The number of allylic oxidation sites excluding steroid dienone is 1. The van der Waals surface area contributed by atoms with Crippen LogP contribution in [0.3, 0.4) is 0 Å². The number of carbonyl (C=O) groups is 2. The second-order valence-electron chi connectivity index (χ2n) is 5.97. The van der Waals surface area contributed by atoms with Crippen LogP contribution in [0.15, 0.2) is 53.1 Å². The second kappa shape index (κ2) is 8.21. The number of hydrogen-bond donors (Lipinski definition) is 2. The minimum Gasteiger partial charge on any atom is -0.392 e. The highest BCUT2D eigenvalue weighted by Crippen LogP contribution is 2.32. The summed E-state index contributed by atoms with van der Waals surface area (Å²) >= 11 is 9.35. The first-order chi connectivity index (χ1) is 12.9. The topological polar surface area (TPSA) is 69.6 Å². The van der Waals surface area contributed by atoms with Crippen LogP contribution in [0.4, 0.5) is 14.9 Å². The van der Waals surface area contributed by atoms with Crippen molar-refractivity contribution in [3.8, 4) is 0 Å². The van der Waals surface area contributed by atoms with E-state index in [0.29, 0.717) is 26.3 Å². The van der Waals surface area contributed by atoms with Gasteiger partial charge in [0.2, 0.25) is 0 Å². The molecule has 2 amide bonds. The Bertz CT molecular complexity index is 918. The number of urea groups is 1. The predicted molar refractivity (Wildman–Crippen MR) is 104 cm³/mol. The molecule has 27 heavy (non-hydrogen) atoms. The van der Waals surface area contributed by atoms with Crippen LogP contribution >= 0.6 is 27.5 Å². The van der Waals surface area contributed by atoms with Gasteiger partial charge in [-0.3, -0.25) is 9.69 Å². The summed E-state index contributed by atoms with van der Waals surface area (Å²) in [5.41, 5.74) is 1.54. The zero-order valence-electron chi connectivity index (χ0n) is 14.0. The lowest BCUT2D eigenvalue weighted by atomic mass is 9.97. The predicted octanol–water partition coefficient (Wildman–Crippen LogP) is 4.80. The van der Waals surface area contributed by atoms with Gasteiger partial charge in [-0.05, 0) is 57.4 Å². The standard InChI is InChI=1S/C19H15BrClFN2O3/c20-15-9-16(21)12(10-25)7-17(15)23-19(27)24-6-5-14(26)8-18(24)11-1-3-13(22)4-2-11/h1-7,9,18,25H,8,10H2,(H,23,27)/t18-/m0/s1. The van der Waals surface area contributed by atoms with Gasteiger partial charge in [0.25, 0.3) is 0 Å². The van der Waals surface area contributed by atoms with Gasteiger partial charge < -0.3 is 10.4 Å². The SMILES string of the molecule is O=C1C=CN(C(=O)Nc2cc(CO)c(Cl)cc2Br)[C@H](c2ccc(F)cc2)C1. The Labute approximate surface area is 168 Å². The summed E-state index contributed by atoms with van der Waals surface area (Å²) in [6.07, 6.45) is 2.83. The number of ketones is 1. The molecule has 0 aromatic heterocycles. The summed E-state index contributed by atoms with van der Waals surface area (Å²) < 4.78 is 13.8. The number of anilines is 1. The smallest absolute Gasteiger partial charge is 0.326 e. The third kappa shape index (κ3) is 4.37. The molecule has 0 fully saturated rings. The average molecular weight is 454 g/mol. The van der Waals surface area contributed by atoms with E-state index in [9.17, 15) is 19.1 Å². The molecule has 5 nitrogen and oxygen atoms in total. The Morgan fingerprint density at radius 2 is 2.04 bits per heavy atom. The molecule has 140 valence electrons. The lowest BCUT2D eigenvalue weighted by Crippen LogP contribution is -2.37. The zero-order chi connectivity index (χ0) is 19.6. The Hall–Kier alpha value is -2.22. The molecular weight excluding hydrogens is 439 g/mol. The molecule has 1 atom stereocenters. The minimum absolute atomic E-state index is 0.0965. The molecule has 2 N–H and O–H groups in total. The van der Waals surface area contributed by atoms with Crippen LogP contribution in [0.5, 0.6) is 0 Å². The van der Waals surface area contributed by atoms with Gasteiger partial charge in [0.15, 0.2) is 5.78 Å². The minimum atomic E-state index is -0.550. The van der Waals surface area contributed by atoms with Crippen molar-refractivity contribution in [3.05, 3.63) is 75.1 Å². The fraction of sp³-hybridized carbons (Fsp3) is 0.158. The number of aliphatic hydroxyl groups excluding tert-OH is 1. The Balaban J connectivity index is 1.88. The van der Waals surface area contributed by atoms with Crippen LogP contribution in [-0.2, 0) is 11.4 Å². The average Bonchev–Trinajstić information content (AvgIpc) is 2.64. The number of nitrogens with zero attached hydrogens (tertiary/aromatic N) is 1. The van der Waals surface area contributed by atoms with Gasteiger partial charge in [0, 0.05) is 22.1 Å². The van der Waals surface area contributed by atoms with E-state index in [-0.39, 0.29) is 18.8 Å². The molecule has 1 aliphatic heterocycles. The van der Waals surface area contributed by atoms with Crippen molar-refractivity contribution in [2.45, 2.75) is 19.1 Å². The van der Waals surface area contributed by atoms with Crippen molar-refractivity contribution >= 4 is 45.0 Å². The Morgan fingerprint density at radius 3 is 2.70 bits per heavy atom. The van der Waals surface area contributed by atoms with Gasteiger partial charge >= 0.3 is 6.03 Å². The first kappa shape index (κ1) is 19.5. The van der Waals surface area contributed by atoms with Crippen LogP contribution in [0.1, 0.15) is 23.6 Å². The number of hydrogen-bond acceptors (Lipinski definition) is 3. The van der Waals surface area contributed by atoms with E-state index in [4.69, 9.17) is 11.6 Å². The second-order valence-corrected chi connectivity index (χ2v) is 7.23. The molecule has 2 aromatic carbocycles. The Kier molecular flexibility index (Phi) is 5.94. The molecular formula is C19H15BrClFN2O3. The lowest BCUT2D eigenvalue weighted by molar-refractivity contribution is -0.116. The van der Waals surface area contributed by atoms with Gasteiger partial charge in [0.05, 0.1) is 18.3 Å². The summed E-state index contributed by atoms with van der Waals surface area (Å²) in [6.45, 7) is -0.273. The maximum Gasteiger partial charge on any atom is 0.326 e. The molecule has 0 radical (unpaired) electrons. The van der Waals surface area contributed by atoms with Crippen LogP contribution in [0.2, 0.25) is 5.02 Å². The molecule has 1 aliphatic rings. The van der Waals surface area contributed by atoms with Crippen molar-refractivity contribution in [3.63, 3.8) is 0 Å². The van der Waals surface area contributed by atoms with Crippen molar-refractivity contribution in [2.24, 2.45) is 0 Å². The van der Waals surface area contributed by atoms with E-state index in [1.54, 1.807) is 24.3 Å². The monoisotopic (exact) mass is 452 g/mol. The van der Waals surface area contributed by atoms with Gasteiger partial charge in [-0.1, -0.05) is 23.7 Å². The highest BCUT2D eigenvalue weighted by atomic mass is 79.9. The van der Waals surface area contributed by atoms with E-state index in [1.165, 1.54) is 29.3 Å². The summed E-state index contributed by atoms with van der Waals surface area (Å²) in [7, 11) is 0. The molecule has 0 saturated heterocycles. The van der Waals surface area contributed by atoms with E-state index < -0.39 is 17.9 Å². The highest BCUT2D eigenvalue weighted by Gasteiger charge is 2.29. The number of halogens is 3. The zero-order valence-corrected chi connectivity index (χ0v) is 16.3. The molecule has 8 heteroatoms. The largest absolute Gasteiger partial charge is 0.392 e. The fourth-order valence-corrected chi connectivity index (χ4v) is 3.59. The molecule has 2 aromatic rings. The summed E-state index contributed by atoms with van der Waals surface area (Å²) in [4.78, 5) is 26.1. The van der Waals surface area contributed by atoms with E-state index in [2.05, 4.69) is 21.2 Å². The fourth-order valence-electron chi connectivity index (χ4n) is 2.79. The number of amides is 2. The van der Waals surface area contributed by atoms with Crippen LogP contribution in [-0.4, -0.2) is 21.8 Å². The van der Waals surface area contributed by atoms with Gasteiger partial charge in [-0.25, -0.2) is 9.18 Å². The highest BCUT2D eigenvalue weighted by molar-refractivity contribution is 9.10. The molecule has 1 heterocycles. The van der Waals surface area contributed by atoms with Crippen molar-refractivity contribution < 1.29 is 19.1 Å². The summed E-state index contributed by atoms with van der Waals surface area (Å²) in [6, 6.07) is 7.80. The number of benzene rings is 2. The van der Waals surface area contributed by atoms with E-state index >= 15 is 0 Å². The maximum absolute atomic E-state index is 13.2. The van der Waals surface area contributed by atoms with Gasteiger partial charge in [0.1, 0.15) is 5.82 Å². The van der Waals surface area contributed by atoms with Crippen LogP contribution < -0.4 is 5.32 Å². The maximum atomic E-state index is 13.2. The molecule has 0 aliphatic carbocycles. The van der Waals surface area contributed by atoms with Crippen LogP contribution in [0.25, 0.3) is 0 Å². The first-order valence-electron chi connectivity index (χ1n) is 8.03. The van der Waals surface area contributed by atoms with Crippen molar-refractivity contribution in [1.82, 2.24) is 4.90 Å². The summed E-state index contributed by atoms with van der Waals surface area (Å²) in [5, 5.41) is 12.5. The number of rotatable bonds is 3. The molecule has 3 rings (SSSR count). The lowest BCUT2D eigenvalue weighted by Gasteiger charge is -2.31. The first-order valence-corrected chi connectivity index (χ1v) is 9.20. The van der Waals surface area contributed by atoms with Gasteiger partial charge in [-0.15, -0.1) is 0 Å². The Morgan fingerprint density at radius 1 is 1.33 bits per heavy atom. The third-order valence-corrected chi connectivity index (χ3v) is 5.20. The molecule has 0 spiro atoms. The van der Waals surface area contributed by atoms with E-state index in [0.717, 1.165) is 0 Å². The van der Waals surface area contributed by atoms with Crippen molar-refractivity contribution in [1.29, 1.82) is 0 Å². The van der Waals surface area contributed by atoms with Gasteiger partial charge in [-0.2, -0.15) is 0 Å². The van der Waals surface area contributed by atoms with E-state index in [1.807, 2.05) is 0 Å². The quantitative estimate of drug-likeness (QED) is 0.702. The molecule has 0 bridgehead atoms. The number of aliphatic hydroxyl groups is 1. The molecule has 0 unspecified atom stereocenters. The summed E-state index contributed by atoms with van der Waals surface area (Å²) in [5.74, 6) is -0.516. The number of carbonyl (C=O) groups excluding carboxylic acids is 2. The normalized spacial score (nSPS) is 16.5. The number of nitrogens with one attached hydrogen (secondary N) is 1. The molecule has 0 saturated carbocycles. The van der Waals surface area contributed by atoms with Crippen LogP contribution in [0, 0.1) is 5.82 Å². The third-order valence-electron chi connectivity index (χ3n) is 4.19. The van der Waals surface area contributed by atoms with Crippen molar-refractivity contribution in [2.75, 3.05) is 5.32 Å².